The van der Waals surface area contributed by atoms with Crippen LogP contribution in [-0.2, 0) is 11.8 Å². The molecule has 1 fully saturated rings. The minimum atomic E-state index is -2.94. The number of carbonyl (C=O) groups is 2. The molecular formula is C23H22ClF2N5O3. The summed E-state index contributed by atoms with van der Waals surface area (Å²) in [6.45, 7) is 0. The average molecular weight is 490 g/mol. The number of hydrazine groups is 1. The van der Waals surface area contributed by atoms with E-state index in [0.717, 1.165) is 4.68 Å². The molecule has 2 amide bonds. The highest BCUT2D eigenvalue weighted by atomic mass is 35.5. The molecule has 0 unspecified atom stereocenters. The van der Waals surface area contributed by atoms with Gasteiger partial charge in [-0.2, -0.15) is 5.10 Å². The number of halogens is 3. The van der Waals surface area contributed by atoms with Gasteiger partial charge in [-0.1, -0.05) is 29.8 Å². The first-order chi connectivity index (χ1) is 16.3. The normalized spacial score (nSPS) is 19.3. The van der Waals surface area contributed by atoms with Crippen LogP contribution in [0.1, 0.15) is 35.3 Å². The van der Waals surface area contributed by atoms with Crippen LogP contribution in [0.25, 0.3) is 0 Å². The van der Waals surface area contributed by atoms with E-state index in [4.69, 9.17) is 16.3 Å². The lowest BCUT2D eigenvalue weighted by atomic mass is 9.73. The second kappa shape index (κ2) is 9.68. The number of alkyl halides is 2. The molecule has 0 radical (unpaired) electrons. The van der Waals surface area contributed by atoms with Crippen molar-refractivity contribution in [3.05, 3.63) is 77.1 Å². The fraction of sp³-hybridized carbons (Fsp3) is 0.261. The number of nitrogens with one attached hydrogen (secondary N) is 3. The molecule has 1 saturated carbocycles. The third-order valence-electron chi connectivity index (χ3n) is 5.46. The molecule has 0 bridgehead atoms. The maximum Gasteiger partial charge on any atom is 0.282 e. The smallest absolute Gasteiger partial charge is 0.282 e. The molecule has 8 nitrogen and oxygen atoms in total. The number of carbonyl (C=O) groups excluding carboxylic acids is 2. The van der Waals surface area contributed by atoms with Crippen LogP contribution in [0.15, 0.2) is 60.8 Å². The molecule has 0 atom stereocenters. The molecular weight excluding hydrogens is 468 g/mol. The van der Waals surface area contributed by atoms with Gasteiger partial charge in [-0.3, -0.25) is 25.1 Å². The molecule has 4 rings (SSSR count). The average Bonchev–Trinajstić information content (AvgIpc) is 3.20. The van der Waals surface area contributed by atoms with Gasteiger partial charge in [-0.05, 0) is 36.4 Å². The first-order valence-corrected chi connectivity index (χ1v) is 10.8. The maximum atomic E-state index is 13.4. The number of ether oxygens (including phenoxy) is 1. The number of anilines is 1. The summed E-state index contributed by atoms with van der Waals surface area (Å²) in [5, 5.41) is 6.83. The molecule has 1 aliphatic rings. The number of amides is 2. The molecule has 34 heavy (non-hydrogen) atoms. The van der Waals surface area contributed by atoms with Gasteiger partial charge in [0.1, 0.15) is 23.1 Å². The Bertz CT molecular complexity index is 1170. The molecule has 1 aromatic heterocycles. The third-order valence-corrected chi connectivity index (χ3v) is 5.71. The zero-order chi connectivity index (χ0) is 24.3. The van der Waals surface area contributed by atoms with Crippen molar-refractivity contribution >= 4 is 29.1 Å². The summed E-state index contributed by atoms with van der Waals surface area (Å²) < 4.78 is 33.7. The number of benzene rings is 2. The zero-order valence-electron chi connectivity index (χ0n) is 18.1. The van der Waals surface area contributed by atoms with Gasteiger partial charge in [0.25, 0.3) is 18.2 Å². The number of nitrogens with zero attached hydrogens (tertiary/aromatic N) is 2. The van der Waals surface area contributed by atoms with Gasteiger partial charge < -0.3 is 10.1 Å². The van der Waals surface area contributed by atoms with E-state index in [9.17, 15) is 18.4 Å². The molecule has 1 heterocycles. The largest absolute Gasteiger partial charge is 0.490 e. The number of aryl methyl sites for hydroxylation is 1. The fourth-order valence-corrected chi connectivity index (χ4v) is 3.87. The molecule has 2 aromatic carbocycles. The number of rotatable bonds is 8. The predicted octanol–water partition coefficient (Wildman–Crippen LogP) is 3.86. The Morgan fingerprint density at radius 2 is 1.82 bits per heavy atom. The number of hydrogen-bond donors (Lipinski definition) is 3. The summed E-state index contributed by atoms with van der Waals surface area (Å²) in [6.07, 6.45) is -1.80. The van der Waals surface area contributed by atoms with Crippen molar-refractivity contribution in [1.29, 1.82) is 0 Å². The van der Waals surface area contributed by atoms with E-state index in [0.29, 0.717) is 16.5 Å². The highest BCUT2D eigenvalue weighted by molar-refractivity contribution is 6.30. The minimum absolute atomic E-state index is 0.145. The molecule has 0 aliphatic heterocycles. The van der Waals surface area contributed by atoms with E-state index in [-0.39, 0.29) is 24.5 Å². The number of aromatic nitrogens is 2. The van der Waals surface area contributed by atoms with E-state index >= 15 is 0 Å². The van der Waals surface area contributed by atoms with E-state index in [1.165, 1.54) is 13.2 Å². The maximum absolute atomic E-state index is 13.4. The van der Waals surface area contributed by atoms with Gasteiger partial charge >= 0.3 is 0 Å². The van der Waals surface area contributed by atoms with E-state index in [1.807, 2.05) is 18.2 Å². The van der Waals surface area contributed by atoms with Gasteiger partial charge in [0.2, 0.25) is 0 Å². The van der Waals surface area contributed by atoms with Crippen LogP contribution in [-0.4, -0.2) is 33.2 Å². The van der Waals surface area contributed by atoms with E-state index < -0.39 is 29.5 Å². The van der Waals surface area contributed by atoms with Gasteiger partial charge in [-0.15, -0.1) is 0 Å². The second-order valence-corrected chi connectivity index (χ2v) is 8.42. The quantitative estimate of drug-likeness (QED) is 0.417. The monoisotopic (exact) mass is 489 g/mol. The van der Waals surface area contributed by atoms with Crippen molar-refractivity contribution in [2.45, 2.75) is 30.9 Å². The lowest BCUT2D eigenvalue weighted by Crippen LogP contribution is -2.68. The lowest BCUT2D eigenvalue weighted by Gasteiger charge is -2.46. The Balaban J connectivity index is 1.50. The van der Waals surface area contributed by atoms with Crippen LogP contribution in [0.4, 0.5) is 14.5 Å². The van der Waals surface area contributed by atoms with Gasteiger partial charge in [0.05, 0.1) is 11.3 Å². The molecule has 11 heteroatoms. The van der Waals surface area contributed by atoms with E-state index in [2.05, 4.69) is 21.3 Å². The summed E-state index contributed by atoms with van der Waals surface area (Å²) in [4.78, 5) is 26.1. The summed E-state index contributed by atoms with van der Waals surface area (Å²) in [6, 6.07) is 15.7. The van der Waals surface area contributed by atoms with Crippen LogP contribution in [0, 0.1) is 0 Å². The van der Waals surface area contributed by atoms with Gasteiger partial charge in [-0.25, -0.2) is 8.78 Å². The predicted molar refractivity (Wildman–Crippen MR) is 122 cm³/mol. The van der Waals surface area contributed by atoms with Crippen molar-refractivity contribution in [2.75, 3.05) is 5.43 Å². The van der Waals surface area contributed by atoms with Crippen LogP contribution in [0.5, 0.6) is 5.75 Å². The topological polar surface area (TPSA) is 97.3 Å². The van der Waals surface area contributed by atoms with Crippen LogP contribution in [0.3, 0.4) is 0 Å². The van der Waals surface area contributed by atoms with Gasteiger partial charge in [0.15, 0.2) is 0 Å². The number of hydrogen-bond acceptors (Lipinski definition) is 5. The number of para-hydroxylation sites is 1. The Morgan fingerprint density at radius 1 is 1.15 bits per heavy atom. The molecule has 0 saturated heterocycles. The highest BCUT2D eigenvalue weighted by Crippen LogP contribution is 2.36. The minimum Gasteiger partial charge on any atom is -0.490 e. The zero-order valence-corrected chi connectivity index (χ0v) is 18.9. The summed E-state index contributed by atoms with van der Waals surface area (Å²) in [5.41, 5.74) is 3.61. The fourth-order valence-electron chi connectivity index (χ4n) is 3.74. The molecule has 3 aromatic rings. The van der Waals surface area contributed by atoms with Crippen molar-refractivity contribution in [2.24, 2.45) is 7.05 Å². The van der Waals surface area contributed by atoms with Crippen molar-refractivity contribution in [3.8, 4) is 5.75 Å². The van der Waals surface area contributed by atoms with Gasteiger partial charge in [0, 0.05) is 31.1 Å². The van der Waals surface area contributed by atoms with Crippen LogP contribution in [0.2, 0.25) is 5.02 Å². The second-order valence-electron chi connectivity index (χ2n) is 7.99. The molecule has 178 valence electrons. The first-order valence-electron chi connectivity index (χ1n) is 10.4. The summed E-state index contributed by atoms with van der Waals surface area (Å²) >= 11 is 5.88. The molecule has 3 N–H and O–H groups in total. The molecule has 0 spiro atoms. The first kappa shape index (κ1) is 23.5. The Labute approximate surface area is 199 Å². The SMILES string of the molecule is Cn1cc(C(=O)NC2(C(=O)NNc3ccc(Cl)cc3)CC(Oc3ccccc3)C2)c(C(F)F)n1. The lowest BCUT2D eigenvalue weighted by molar-refractivity contribution is -0.134. The summed E-state index contributed by atoms with van der Waals surface area (Å²) in [5.74, 6) is -0.728. The molecule has 1 aliphatic carbocycles. The highest BCUT2D eigenvalue weighted by Gasteiger charge is 2.53. The Kier molecular flexibility index (Phi) is 6.69. The van der Waals surface area contributed by atoms with Crippen LogP contribution < -0.4 is 20.9 Å². The van der Waals surface area contributed by atoms with Crippen molar-refractivity contribution in [3.63, 3.8) is 0 Å². The third kappa shape index (κ3) is 5.12. The van der Waals surface area contributed by atoms with E-state index in [1.54, 1.807) is 36.4 Å². The Morgan fingerprint density at radius 3 is 2.47 bits per heavy atom. The Hall–Kier alpha value is -3.66. The van der Waals surface area contributed by atoms with Crippen molar-refractivity contribution < 1.29 is 23.1 Å². The standard InChI is InChI=1S/C23H22ClF2N5O3/c1-31-13-18(19(30-31)20(25)26)21(32)27-23(11-17(12-23)34-16-5-3-2-4-6-16)22(33)29-28-15-9-7-14(24)8-10-15/h2-10,13,17,20,28H,11-12H2,1H3,(H,27,32)(H,29,33). The van der Waals surface area contributed by atoms with Crippen molar-refractivity contribution in [1.82, 2.24) is 20.5 Å². The summed E-state index contributed by atoms with van der Waals surface area (Å²) in [7, 11) is 1.44. The van der Waals surface area contributed by atoms with Crippen LogP contribution >= 0.6 is 11.6 Å².